The molecule has 4 rings (SSSR count). The minimum atomic E-state index is 0. The highest BCUT2D eigenvalue weighted by atomic mass is 35.5. The highest BCUT2D eigenvalue weighted by Crippen LogP contribution is 2.28. The molecule has 0 saturated carbocycles. The Morgan fingerprint density at radius 2 is 1.81 bits per heavy atom. The van der Waals surface area contributed by atoms with Crippen LogP contribution in [0.4, 0.5) is 0 Å². The van der Waals surface area contributed by atoms with Crippen LogP contribution in [0.1, 0.15) is 17.4 Å². The number of benzene rings is 2. The third-order valence-electron chi connectivity index (χ3n) is 4.80. The van der Waals surface area contributed by atoms with E-state index >= 15 is 0 Å². The van der Waals surface area contributed by atoms with E-state index in [1.165, 1.54) is 15.4 Å². The molecular formula is C21H25ClN4S. The molecule has 0 amide bonds. The Hall–Kier alpha value is -1.79. The first-order valence-corrected chi connectivity index (χ1v) is 9.85. The number of hydrogen-bond acceptors (Lipinski definition) is 4. The Morgan fingerprint density at radius 1 is 1.07 bits per heavy atom. The lowest BCUT2D eigenvalue weighted by molar-refractivity contribution is 0.144. The molecule has 2 heterocycles. The van der Waals surface area contributed by atoms with Crippen LogP contribution in [0.5, 0.6) is 0 Å². The Morgan fingerprint density at radius 3 is 2.52 bits per heavy atom. The first-order chi connectivity index (χ1) is 12.8. The summed E-state index contributed by atoms with van der Waals surface area (Å²) >= 11 is 1.81. The lowest BCUT2D eigenvalue weighted by atomic mass is 10.1. The smallest absolute Gasteiger partial charge is 0.127 e. The van der Waals surface area contributed by atoms with Crippen LogP contribution in [0.3, 0.4) is 0 Å². The van der Waals surface area contributed by atoms with Gasteiger partial charge >= 0.3 is 0 Å². The molecule has 0 bridgehead atoms. The number of aryl methyl sites for hydroxylation is 1. The molecule has 1 fully saturated rings. The van der Waals surface area contributed by atoms with Gasteiger partial charge in [0, 0.05) is 55.4 Å². The van der Waals surface area contributed by atoms with Gasteiger partial charge in [-0.05, 0) is 29.8 Å². The van der Waals surface area contributed by atoms with Crippen molar-refractivity contribution in [1.29, 1.82) is 0 Å². The molecule has 1 aliphatic heterocycles. The third-order valence-corrected chi connectivity index (χ3v) is 5.81. The summed E-state index contributed by atoms with van der Waals surface area (Å²) in [5.41, 5.74) is 1.35. The van der Waals surface area contributed by atoms with E-state index in [9.17, 15) is 0 Å². The van der Waals surface area contributed by atoms with E-state index in [0.717, 1.165) is 32.0 Å². The summed E-state index contributed by atoms with van der Waals surface area (Å²) < 4.78 is 2.13. The van der Waals surface area contributed by atoms with Crippen LogP contribution in [0.25, 0.3) is 0 Å². The topological polar surface area (TPSA) is 33.1 Å². The molecule has 0 aliphatic carbocycles. The normalized spacial score (nSPS) is 17.4. The Kier molecular flexibility index (Phi) is 6.96. The van der Waals surface area contributed by atoms with Gasteiger partial charge in [0.05, 0.1) is 6.04 Å². The maximum atomic E-state index is 4.57. The Bertz CT molecular complexity index is 835. The molecule has 27 heavy (non-hydrogen) atoms. The van der Waals surface area contributed by atoms with Crippen molar-refractivity contribution in [3.63, 3.8) is 0 Å². The maximum absolute atomic E-state index is 4.57. The standard InChI is InChI=1S/C21H24N4S.ClH/c1-24-13-12-23-21(24)20-15-22-11-14-25(20)16-17-7-9-19(10-8-17)26-18-5-3-2-4-6-18;/h2-10,12-13,20,22H,11,14-16H2,1H3;1H. The predicted octanol–water partition coefficient (Wildman–Crippen LogP) is 4.14. The van der Waals surface area contributed by atoms with Crippen LogP contribution in [-0.2, 0) is 13.6 Å². The molecule has 3 aromatic rings. The van der Waals surface area contributed by atoms with Crippen LogP contribution < -0.4 is 5.32 Å². The minimum Gasteiger partial charge on any atom is -0.337 e. The zero-order chi connectivity index (χ0) is 17.8. The monoisotopic (exact) mass is 400 g/mol. The van der Waals surface area contributed by atoms with Gasteiger partial charge < -0.3 is 9.88 Å². The Balaban J connectivity index is 0.00000210. The van der Waals surface area contributed by atoms with Crippen LogP contribution >= 0.6 is 24.2 Å². The van der Waals surface area contributed by atoms with Crippen LogP contribution in [0.2, 0.25) is 0 Å². The maximum Gasteiger partial charge on any atom is 0.127 e. The lowest BCUT2D eigenvalue weighted by Crippen LogP contribution is -2.46. The number of nitrogens with one attached hydrogen (secondary N) is 1. The van der Waals surface area contributed by atoms with Crippen molar-refractivity contribution in [3.8, 4) is 0 Å². The first-order valence-electron chi connectivity index (χ1n) is 9.03. The first kappa shape index (κ1) is 20.0. The van der Waals surface area contributed by atoms with Crippen LogP contribution in [0, 0.1) is 0 Å². The average Bonchev–Trinajstić information content (AvgIpc) is 3.10. The second kappa shape index (κ2) is 9.42. The van der Waals surface area contributed by atoms with Crippen molar-refractivity contribution in [2.24, 2.45) is 7.05 Å². The molecular weight excluding hydrogens is 376 g/mol. The molecule has 2 aromatic carbocycles. The summed E-state index contributed by atoms with van der Waals surface area (Å²) in [5, 5.41) is 3.50. The minimum absolute atomic E-state index is 0. The van der Waals surface area contributed by atoms with Crippen molar-refractivity contribution in [2.75, 3.05) is 19.6 Å². The quantitative estimate of drug-likeness (QED) is 0.697. The number of halogens is 1. The summed E-state index contributed by atoms with van der Waals surface area (Å²) in [6.45, 7) is 3.98. The molecule has 1 aliphatic rings. The zero-order valence-corrected chi connectivity index (χ0v) is 17.0. The number of rotatable bonds is 5. The molecule has 6 heteroatoms. The molecule has 4 nitrogen and oxygen atoms in total. The predicted molar refractivity (Wildman–Crippen MR) is 113 cm³/mol. The van der Waals surface area contributed by atoms with Crippen LogP contribution in [0.15, 0.2) is 76.8 Å². The molecule has 0 spiro atoms. The fourth-order valence-corrected chi connectivity index (χ4v) is 4.25. The fourth-order valence-electron chi connectivity index (χ4n) is 3.41. The summed E-state index contributed by atoms with van der Waals surface area (Å²) in [6, 6.07) is 19.8. The van der Waals surface area contributed by atoms with E-state index < -0.39 is 0 Å². The van der Waals surface area contributed by atoms with Crippen LogP contribution in [-0.4, -0.2) is 34.1 Å². The van der Waals surface area contributed by atoms with E-state index in [1.807, 2.05) is 12.4 Å². The van der Waals surface area contributed by atoms with Gasteiger partial charge in [-0.25, -0.2) is 4.98 Å². The van der Waals surface area contributed by atoms with Gasteiger partial charge in [-0.2, -0.15) is 0 Å². The molecule has 1 atom stereocenters. The second-order valence-electron chi connectivity index (χ2n) is 6.65. The summed E-state index contributed by atoms with van der Waals surface area (Å²) in [5.74, 6) is 1.13. The van der Waals surface area contributed by atoms with Crippen molar-refractivity contribution in [1.82, 2.24) is 19.8 Å². The third kappa shape index (κ3) is 4.93. The van der Waals surface area contributed by atoms with Gasteiger partial charge in [0.2, 0.25) is 0 Å². The van der Waals surface area contributed by atoms with E-state index in [0.29, 0.717) is 6.04 Å². The SMILES string of the molecule is Cl.Cn1ccnc1C1CNCCN1Cc1ccc(Sc2ccccc2)cc1. The number of nitrogens with zero attached hydrogens (tertiary/aromatic N) is 3. The average molecular weight is 401 g/mol. The van der Waals surface area contributed by atoms with E-state index in [2.05, 4.69) is 81.4 Å². The van der Waals surface area contributed by atoms with Crippen molar-refractivity contribution < 1.29 is 0 Å². The van der Waals surface area contributed by atoms with Gasteiger partial charge in [-0.1, -0.05) is 42.1 Å². The Labute approximate surface area is 171 Å². The van der Waals surface area contributed by atoms with Crippen molar-refractivity contribution >= 4 is 24.2 Å². The number of piperazine rings is 1. The van der Waals surface area contributed by atoms with Gasteiger partial charge in [0.25, 0.3) is 0 Å². The summed E-state index contributed by atoms with van der Waals surface area (Å²) in [7, 11) is 2.07. The largest absolute Gasteiger partial charge is 0.337 e. The molecule has 1 unspecified atom stereocenters. The van der Waals surface area contributed by atoms with Gasteiger partial charge in [0.1, 0.15) is 5.82 Å². The van der Waals surface area contributed by atoms with Gasteiger partial charge in [-0.3, -0.25) is 4.90 Å². The summed E-state index contributed by atoms with van der Waals surface area (Å²) in [4.78, 5) is 9.65. The molecule has 142 valence electrons. The highest BCUT2D eigenvalue weighted by molar-refractivity contribution is 7.99. The fraction of sp³-hybridized carbons (Fsp3) is 0.286. The molecule has 1 saturated heterocycles. The van der Waals surface area contributed by atoms with E-state index in [4.69, 9.17) is 0 Å². The molecule has 0 radical (unpaired) electrons. The van der Waals surface area contributed by atoms with Gasteiger partial charge in [0.15, 0.2) is 0 Å². The number of imidazole rings is 1. The number of hydrogen-bond donors (Lipinski definition) is 1. The zero-order valence-electron chi connectivity index (χ0n) is 15.4. The summed E-state index contributed by atoms with van der Waals surface area (Å²) in [6.07, 6.45) is 3.91. The van der Waals surface area contributed by atoms with Crippen molar-refractivity contribution in [3.05, 3.63) is 78.4 Å². The van der Waals surface area contributed by atoms with E-state index in [1.54, 1.807) is 11.8 Å². The van der Waals surface area contributed by atoms with Crippen molar-refractivity contribution in [2.45, 2.75) is 22.4 Å². The van der Waals surface area contributed by atoms with E-state index in [-0.39, 0.29) is 12.4 Å². The second-order valence-corrected chi connectivity index (χ2v) is 7.79. The number of aromatic nitrogens is 2. The highest BCUT2D eigenvalue weighted by Gasteiger charge is 2.26. The lowest BCUT2D eigenvalue weighted by Gasteiger charge is -2.35. The molecule has 1 N–H and O–H groups in total. The molecule has 1 aromatic heterocycles. The van der Waals surface area contributed by atoms with Gasteiger partial charge in [-0.15, -0.1) is 12.4 Å².